The third-order valence-electron chi connectivity index (χ3n) is 3.48. The number of rotatable bonds is 8. The van der Waals surface area contributed by atoms with Crippen LogP contribution in [-0.2, 0) is 0 Å². The van der Waals surface area contributed by atoms with Gasteiger partial charge in [-0.15, -0.1) is 6.58 Å². The van der Waals surface area contributed by atoms with Gasteiger partial charge in [0.2, 0.25) is 0 Å². The van der Waals surface area contributed by atoms with Crippen LogP contribution in [0.5, 0.6) is 0 Å². The van der Waals surface area contributed by atoms with Crippen LogP contribution in [-0.4, -0.2) is 21.6 Å². The standard InChI is InChI=1S/C15H22N4/c1-3-4-5-6-7-8-14(16-2)13-11-18-19-10-9-17-12-15(13)19/h3,9-12,14,16H,1,4-8H2,2H3. The van der Waals surface area contributed by atoms with Crippen molar-refractivity contribution in [2.75, 3.05) is 7.05 Å². The summed E-state index contributed by atoms with van der Waals surface area (Å²) in [6.07, 6.45) is 15.4. The molecule has 2 heterocycles. The molecule has 1 N–H and O–H groups in total. The van der Waals surface area contributed by atoms with E-state index in [0.29, 0.717) is 6.04 Å². The highest BCUT2D eigenvalue weighted by molar-refractivity contribution is 5.53. The Hall–Kier alpha value is -1.68. The van der Waals surface area contributed by atoms with Gasteiger partial charge in [-0.05, 0) is 26.3 Å². The molecule has 2 aromatic heterocycles. The van der Waals surface area contributed by atoms with Gasteiger partial charge < -0.3 is 5.32 Å². The maximum Gasteiger partial charge on any atom is 0.0892 e. The van der Waals surface area contributed by atoms with Crippen LogP contribution >= 0.6 is 0 Å². The van der Waals surface area contributed by atoms with Gasteiger partial charge in [0, 0.05) is 24.0 Å². The van der Waals surface area contributed by atoms with E-state index in [0.717, 1.165) is 18.4 Å². The van der Waals surface area contributed by atoms with E-state index in [4.69, 9.17) is 0 Å². The quantitative estimate of drug-likeness (QED) is 0.584. The van der Waals surface area contributed by atoms with Crippen molar-refractivity contribution in [1.29, 1.82) is 0 Å². The molecule has 0 saturated heterocycles. The summed E-state index contributed by atoms with van der Waals surface area (Å²) in [6.45, 7) is 3.75. The summed E-state index contributed by atoms with van der Waals surface area (Å²) in [5.74, 6) is 0. The van der Waals surface area contributed by atoms with Crippen LogP contribution in [0.4, 0.5) is 0 Å². The van der Waals surface area contributed by atoms with E-state index >= 15 is 0 Å². The molecule has 0 bridgehead atoms. The molecule has 0 aliphatic carbocycles. The topological polar surface area (TPSA) is 42.2 Å². The molecule has 0 aliphatic rings. The highest BCUT2D eigenvalue weighted by atomic mass is 15.2. The van der Waals surface area contributed by atoms with Gasteiger partial charge in [-0.25, -0.2) is 4.52 Å². The molecular formula is C15H22N4. The lowest BCUT2D eigenvalue weighted by Crippen LogP contribution is -2.16. The Labute approximate surface area is 114 Å². The van der Waals surface area contributed by atoms with Crippen LogP contribution in [0.2, 0.25) is 0 Å². The Morgan fingerprint density at radius 2 is 2.26 bits per heavy atom. The van der Waals surface area contributed by atoms with Crippen LogP contribution in [0, 0.1) is 0 Å². The van der Waals surface area contributed by atoms with Crippen LogP contribution in [0.1, 0.15) is 43.7 Å². The van der Waals surface area contributed by atoms with Crippen molar-refractivity contribution in [3.63, 3.8) is 0 Å². The number of nitrogens with zero attached hydrogens (tertiary/aromatic N) is 3. The second-order valence-corrected chi connectivity index (χ2v) is 4.77. The van der Waals surface area contributed by atoms with E-state index in [2.05, 4.69) is 22.0 Å². The summed E-state index contributed by atoms with van der Waals surface area (Å²) in [7, 11) is 2.01. The second kappa shape index (κ2) is 7.04. The zero-order valence-electron chi connectivity index (χ0n) is 11.5. The number of aromatic nitrogens is 3. The summed E-state index contributed by atoms with van der Waals surface area (Å²) in [4.78, 5) is 4.18. The van der Waals surface area contributed by atoms with Crippen molar-refractivity contribution in [2.45, 2.75) is 38.1 Å². The Morgan fingerprint density at radius 1 is 1.37 bits per heavy atom. The summed E-state index contributed by atoms with van der Waals surface area (Å²) >= 11 is 0. The molecule has 19 heavy (non-hydrogen) atoms. The van der Waals surface area contributed by atoms with Crippen molar-refractivity contribution >= 4 is 5.52 Å². The monoisotopic (exact) mass is 258 g/mol. The first kappa shape index (κ1) is 13.7. The largest absolute Gasteiger partial charge is 0.313 e. The average molecular weight is 258 g/mol. The molecule has 2 rings (SSSR count). The van der Waals surface area contributed by atoms with Crippen LogP contribution < -0.4 is 5.32 Å². The maximum absolute atomic E-state index is 4.37. The Bertz CT molecular complexity index is 518. The molecule has 0 saturated carbocycles. The van der Waals surface area contributed by atoms with Gasteiger partial charge in [-0.2, -0.15) is 5.10 Å². The fraction of sp³-hybridized carbons (Fsp3) is 0.467. The second-order valence-electron chi connectivity index (χ2n) is 4.77. The molecule has 4 nitrogen and oxygen atoms in total. The van der Waals surface area contributed by atoms with E-state index in [1.165, 1.54) is 24.8 Å². The normalized spacial score (nSPS) is 12.7. The van der Waals surface area contributed by atoms with Gasteiger partial charge in [0.1, 0.15) is 0 Å². The minimum absolute atomic E-state index is 0.352. The highest BCUT2D eigenvalue weighted by Gasteiger charge is 2.14. The van der Waals surface area contributed by atoms with Crippen LogP contribution in [0.3, 0.4) is 0 Å². The van der Waals surface area contributed by atoms with E-state index in [1.54, 1.807) is 6.20 Å². The van der Waals surface area contributed by atoms with E-state index in [-0.39, 0.29) is 0 Å². The van der Waals surface area contributed by atoms with E-state index in [1.807, 2.05) is 36.2 Å². The zero-order valence-corrected chi connectivity index (χ0v) is 11.5. The van der Waals surface area contributed by atoms with Crippen molar-refractivity contribution in [2.24, 2.45) is 0 Å². The summed E-state index contributed by atoms with van der Waals surface area (Å²) in [5.41, 5.74) is 2.33. The molecule has 1 unspecified atom stereocenters. The highest BCUT2D eigenvalue weighted by Crippen LogP contribution is 2.23. The lowest BCUT2D eigenvalue weighted by atomic mass is 10.0. The van der Waals surface area contributed by atoms with Crippen LogP contribution in [0.25, 0.3) is 5.52 Å². The number of nitrogens with one attached hydrogen (secondary N) is 1. The lowest BCUT2D eigenvalue weighted by Gasteiger charge is -2.14. The molecule has 2 aromatic rings. The molecular weight excluding hydrogens is 236 g/mol. The Balaban J connectivity index is 1.99. The fourth-order valence-electron chi connectivity index (χ4n) is 2.39. The number of unbranched alkanes of at least 4 members (excludes halogenated alkanes) is 3. The van der Waals surface area contributed by atoms with E-state index < -0.39 is 0 Å². The van der Waals surface area contributed by atoms with Gasteiger partial charge in [0.15, 0.2) is 0 Å². The number of hydrogen-bond donors (Lipinski definition) is 1. The lowest BCUT2D eigenvalue weighted by molar-refractivity contribution is 0.510. The molecule has 102 valence electrons. The minimum Gasteiger partial charge on any atom is -0.313 e. The summed E-state index contributed by atoms with van der Waals surface area (Å²) in [6, 6.07) is 0.352. The first-order valence-electron chi connectivity index (χ1n) is 6.92. The predicted octanol–water partition coefficient (Wildman–Crippen LogP) is 3.13. The van der Waals surface area contributed by atoms with Gasteiger partial charge in [0.05, 0.1) is 17.9 Å². The number of allylic oxidation sites excluding steroid dienone is 1. The first-order valence-corrected chi connectivity index (χ1v) is 6.92. The Kier molecular flexibility index (Phi) is 5.10. The smallest absolute Gasteiger partial charge is 0.0892 e. The van der Waals surface area contributed by atoms with Gasteiger partial charge >= 0.3 is 0 Å². The molecule has 0 spiro atoms. The van der Waals surface area contributed by atoms with Crippen molar-refractivity contribution in [3.05, 3.63) is 43.0 Å². The predicted molar refractivity (Wildman–Crippen MR) is 78.1 cm³/mol. The third-order valence-corrected chi connectivity index (χ3v) is 3.48. The van der Waals surface area contributed by atoms with Crippen LogP contribution in [0.15, 0.2) is 37.4 Å². The summed E-state index contributed by atoms with van der Waals surface area (Å²) < 4.78 is 1.88. The molecule has 0 radical (unpaired) electrons. The first-order chi connectivity index (χ1) is 9.36. The molecule has 0 amide bonds. The van der Waals surface area contributed by atoms with Crippen molar-refractivity contribution < 1.29 is 0 Å². The third kappa shape index (κ3) is 3.41. The molecule has 0 fully saturated rings. The van der Waals surface area contributed by atoms with Gasteiger partial charge in [-0.1, -0.05) is 18.9 Å². The fourth-order valence-corrected chi connectivity index (χ4v) is 2.39. The SMILES string of the molecule is C=CCCCCCC(NC)c1cnn2ccncc12. The van der Waals surface area contributed by atoms with Gasteiger partial charge in [0.25, 0.3) is 0 Å². The average Bonchev–Trinajstić information content (AvgIpc) is 2.87. The zero-order chi connectivity index (χ0) is 13.5. The van der Waals surface area contributed by atoms with Crippen molar-refractivity contribution in [1.82, 2.24) is 19.9 Å². The molecule has 4 heteroatoms. The molecule has 1 atom stereocenters. The maximum atomic E-state index is 4.37. The van der Waals surface area contributed by atoms with Crippen molar-refractivity contribution in [3.8, 4) is 0 Å². The molecule has 0 aromatic carbocycles. The summed E-state index contributed by atoms with van der Waals surface area (Å²) in [5, 5.41) is 7.75. The van der Waals surface area contributed by atoms with E-state index in [9.17, 15) is 0 Å². The number of hydrogen-bond acceptors (Lipinski definition) is 3. The van der Waals surface area contributed by atoms with Gasteiger partial charge in [-0.3, -0.25) is 4.98 Å². The molecule has 0 aliphatic heterocycles. The number of fused-ring (bicyclic) bond motifs is 1. The minimum atomic E-state index is 0.352. The Morgan fingerprint density at radius 3 is 3.05 bits per heavy atom.